The minimum atomic E-state index is -0.0165. The van der Waals surface area contributed by atoms with Gasteiger partial charge in [-0.2, -0.15) is 12.6 Å². The molecule has 3 nitrogen and oxygen atoms in total. The molecule has 0 unspecified atom stereocenters. The van der Waals surface area contributed by atoms with Gasteiger partial charge in [0.05, 0.1) is 0 Å². The van der Waals surface area contributed by atoms with Gasteiger partial charge in [0.25, 0.3) is 5.56 Å². The van der Waals surface area contributed by atoms with Crippen molar-refractivity contribution in [2.24, 2.45) is 0 Å². The Bertz CT molecular complexity index is 661. The van der Waals surface area contributed by atoms with Crippen LogP contribution in [-0.2, 0) is 0 Å². The quantitative estimate of drug-likeness (QED) is 0.647. The third kappa shape index (κ3) is 1.97. The lowest BCUT2D eigenvalue weighted by Crippen LogP contribution is -2.23. The molecule has 0 radical (unpaired) electrons. The Morgan fingerprint density at radius 2 is 2.11 bits per heavy atom. The number of aryl methyl sites for hydroxylation is 1. The van der Waals surface area contributed by atoms with Gasteiger partial charge in [-0.3, -0.25) is 4.79 Å². The molecule has 0 bridgehead atoms. The summed E-state index contributed by atoms with van der Waals surface area (Å²) in [7, 11) is 0. The summed E-state index contributed by atoms with van der Waals surface area (Å²) in [5, 5.41) is 8.97. The second-order valence-corrected chi connectivity index (χ2v) is 4.83. The Balaban J connectivity index is 2.82. The van der Waals surface area contributed by atoms with E-state index in [9.17, 15) is 4.79 Å². The van der Waals surface area contributed by atoms with Crippen LogP contribution in [0.25, 0.3) is 10.8 Å². The fourth-order valence-electron chi connectivity index (χ4n) is 2.10. The maximum absolute atomic E-state index is 12.4. The number of pyridine rings is 1. The van der Waals surface area contributed by atoms with Gasteiger partial charge in [0, 0.05) is 35.2 Å². The molecule has 2 rings (SSSR count). The predicted octanol–water partition coefficient (Wildman–Crippen LogP) is 2.80. The van der Waals surface area contributed by atoms with Gasteiger partial charge in [-0.25, -0.2) is 0 Å². The van der Waals surface area contributed by atoms with Crippen molar-refractivity contribution in [3.05, 3.63) is 45.9 Å². The fourth-order valence-corrected chi connectivity index (χ4v) is 2.28. The van der Waals surface area contributed by atoms with Crippen LogP contribution in [0.5, 0.6) is 0 Å². The summed E-state index contributed by atoms with van der Waals surface area (Å²) in [4.78, 5) is 12.4. The maximum atomic E-state index is 12.4. The van der Waals surface area contributed by atoms with Crippen molar-refractivity contribution in [2.75, 3.05) is 5.75 Å². The van der Waals surface area contributed by atoms with Crippen molar-refractivity contribution in [3.63, 3.8) is 0 Å². The van der Waals surface area contributed by atoms with E-state index in [1.807, 2.05) is 32.0 Å². The highest BCUT2D eigenvalue weighted by Gasteiger charge is 2.10. The zero-order chi connectivity index (χ0) is 13.3. The highest BCUT2D eigenvalue weighted by atomic mass is 32.1. The van der Waals surface area contributed by atoms with E-state index in [0.717, 1.165) is 16.5 Å². The highest BCUT2D eigenvalue weighted by Crippen LogP contribution is 2.19. The van der Waals surface area contributed by atoms with Crippen molar-refractivity contribution in [2.45, 2.75) is 19.9 Å². The molecular weight excluding hydrogens is 244 g/mol. The summed E-state index contributed by atoms with van der Waals surface area (Å²) in [5.41, 5.74) is 1.81. The minimum absolute atomic E-state index is 0.0165. The van der Waals surface area contributed by atoms with Gasteiger partial charge < -0.3 is 9.98 Å². The Labute approximate surface area is 111 Å². The standard InChI is InChI=1S/C14H16N2OS/c1-9-3-4-12-11(13(9)7-15)5-6-16(14(12)17)10(2)8-18/h3-7,10,15,18H,8H2,1-2H3/t10-/m1/s1. The van der Waals surface area contributed by atoms with Crippen LogP contribution < -0.4 is 5.56 Å². The monoisotopic (exact) mass is 260 g/mol. The molecule has 0 saturated heterocycles. The Hall–Kier alpha value is -1.55. The first-order valence-corrected chi connectivity index (χ1v) is 6.49. The lowest BCUT2D eigenvalue weighted by atomic mass is 10.0. The van der Waals surface area contributed by atoms with E-state index in [1.165, 1.54) is 6.21 Å². The molecule has 94 valence electrons. The molecule has 18 heavy (non-hydrogen) atoms. The highest BCUT2D eigenvalue weighted by molar-refractivity contribution is 7.80. The molecule has 1 atom stereocenters. The summed E-state index contributed by atoms with van der Waals surface area (Å²) in [6.07, 6.45) is 3.10. The molecule has 0 aliphatic rings. The maximum Gasteiger partial charge on any atom is 0.258 e. The van der Waals surface area contributed by atoms with Gasteiger partial charge in [-0.15, -0.1) is 0 Å². The van der Waals surface area contributed by atoms with Crippen LogP contribution in [0.3, 0.4) is 0 Å². The molecule has 2 aromatic rings. The molecule has 1 aromatic heterocycles. The van der Waals surface area contributed by atoms with E-state index in [0.29, 0.717) is 11.1 Å². The van der Waals surface area contributed by atoms with E-state index in [4.69, 9.17) is 5.41 Å². The number of rotatable bonds is 3. The average Bonchev–Trinajstić information content (AvgIpc) is 2.38. The lowest BCUT2D eigenvalue weighted by molar-refractivity contribution is 0.593. The first-order chi connectivity index (χ1) is 8.60. The molecule has 0 amide bonds. The normalized spacial score (nSPS) is 12.6. The molecule has 0 aliphatic heterocycles. The molecular formula is C14H16N2OS. The second-order valence-electron chi connectivity index (χ2n) is 4.46. The fraction of sp³-hybridized carbons (Fsp3) is 0.286. The topological polar surface area (TPSA) is 45.9 Å². The lowest BCUT2D eigenvalue weighted by Gasteiger charge is -2.14. The van der Waals surface area contributed by atoms with E-state index in [-0.39, 0.29) is 11.6 Å². The molecule has 1 heterocycles. The van der Waals surface area contributed by atoms with Crippen LogP contribution in [-0.4, -0.2) is 16.5 Å². The van der Waals surface area contributed by atoms with Crippen molar-refractivity contribution >= 4 is 29.6 Å². The van der Waals surface area contributed by atoms with E-state index in [1.54, 1.807) is 10.8 Å². The van der Waals surface area contributed by atoms with Crippen molar-refractivity contribution < 1.29 is 0 Å². The molecule has 0 fully saturated rings. The SMILES string of the molecule is Cc1ccc2c(=O)n([C@H](C)CS)ccc2c1C=N. The number of thiol groups is 1. The largest absolute Gasteiger partial charge is 0.311 e. The summed E-state index contributed by atoms with van der Waals surface area (Å²) in [6, 6.07) is 5.70. The average molecular weight is 260 g/mol. The number of benzene rings is 1. The van der Waals surface area contributed by atoms with E-state index >= 15 is 0 Å². The van der Waals surface area contributed by atoms with Gasteiger partial charge in [0.1, 0.15) is 0 Å². The first kappa shape index (κ1) is 12.9. The Kier molecular flexibility index (Phi) is 3.57. The van der Waals surface area contributed by atoms with Gasteiger partial charge in [-0.05, 0) is 36.9 Å². The zero-order valence-electron chi connectivity index (χ0n) is 10.5. The number of nitrogens with zero attached hydrogens (tertiary/aromatic N) is 1. The van der Waals surface area contributed by atoms with E-state index < -0.39 is 0 Å². The summed E-state index contributed by atoms with van der Waals surface area (Å²) < 4.78 is 1.69. The summed E-state index contributed by atoms with van der Waals surface area (Å²) in [5.74, 6) is 0.620. The summed E-state index contributed by atoms with van der Waals surface area (Å²) >= 11 is 4.23. The van der Waals surface area contributed by atoms with Crippen LogP contribution in [0.4, 0.5) is 0 Å². The number of hydrogen-bond donors (Lipinski definition) is 2. The van der Waals surface area contributed by atoms with Crippen LogP contribution in [0, 0.1) is 12.3 Å². The zero-order valence-corrected chi connectivity index (χ0v) is 11.4. The van der Waals surface area contributed by atoms with Crippen LogP contribution in [0.15, 0.2) is 29.2 Å². The number of aromatic nitrogens is 1. The molecule has 0 spiro atoms. The molecule has 4 heteroatoms. The predicted molar refractivity (Wildman–Crippen MR) is 79.4 cm³/mol. The smallest absolute Gasteiger partial charge is 0.258 e. The third-order valence-electron chi connectivity index (χ3n) is 3.26. The van der Waals surface area contributed by atoms with Crippen LogP contribution >= 0.6 is 12.6 Å². The Morgan fingerprint density at radius 3 is 2.72 bits per heavy atom. The number of nitrogens with one attached hydrogen (secondary N) is 1. The number of hydrogen-bond acceptors (Lipinski definition) is 3. The molecule has 1 N–H and O–H groups in total. The minimum Gasteiger partial charge on any atom is -0.311 e. The van der Waals surface area contributed by atoms with Gasteiger partial charge >= 0.3 is 0 Å². The van der Waals surface area contributed by atoms with Gasteiger partial charge in [-0.1, -0.05) is 6.07 Å². The number of fused-ring (bicyclic) bond motifs is 1. The van der Waals surface area contributed by atoms with Gasteiger partial charge in [0.2, 0.25) is 0 Å². The Morgan fingerprint density at radius 1 is 1.39 bits per heavy atom. The molecule has 0 aliphatic carbocycles. The second kappa shape index (κ2) is 4.98. The van der Waals surface area contributed by atoms with Crippen LogP contribution in [0.2, 0.25) is 0 Å². The first-order valence-electron chi connectivity index (χ1n) is 5.86. The molecule has 0 saturated carbocycles. The van der Waals surface area contributed by atoms with Crippen molar-refractivity contribution in [3.8, 4) is 0 Å². The van der Waals surface area contributed by atoms with Crippen molar-refractivity contribution in [1.29, 1.82) is 5.41 Å². The molecule has 1 aromatic carbocycles. The van der Waals surface area contributed by atoms with E-state index in [2.05, 4.69) is 12.6 Å². The summed E-state index contributed by atoms with van der Waals surface area (Å²) in [6.45, 7) is 3.91. The van der Waals surface area contributed by atoms with Crippen molar-refractivity contribution in [1.82, 2.24) is 4.57 Å². The third-order valence-corrected chi connectivity index (χ3v) is 3.78. The van der Waals surface area contributed by atoms with Gasteiger partial charge in [0.15, 0.2) is 0 Å². The van der Waals surface area contributed by atoms with Crippen LogP contribution in [0.1, 0.15) is 24.1 Å².